The first-order valence-corrected chi connectivity index (χ1v) is 9.63. The van der Waals surface area contributed by atoms with Crippen LogP contribution in [-0.4, -0.2) is 9.98 Å². The molecule has 2 saturated carbocycles. The zero-order chi connectivity index (χ0) is 17.0. The highest BCUT2D eigenvalue weighted by Crippen LogP contribution is 2.58. The molecule has 3 N–H and O–H groups in total. The predicted octanol–water partition coefficient (Wildman–Crippen LogP) is 4.54. The SMILES string of the molecule is CC(C)(C)c1cc(CS)c(O)c(C23CCC(CC(N)(S)C2)C3)c1. The summed E-state index contributed by atoms with van der Waals surface area (Å²) in [5.74, 6) is 1.61. The van der Waals surface area contributed by atoms with Crippen LogP contribution in [0.25, 0.3) is 0 Å². The Morgan fingerprint density at radius 1 is 1.30 bits per heavy atom. The highest BCUT2D eigenvalue weighted by atomic mass is 32.1. The van der Waals surface area contributed by atoms with E-state index >= 15 is 0 Å². The maximum Gasteiger partial charge on any atom is 0.123 e. The van der Waals surface area contributed by atoms with Crippen molar-refractivity contribution in [1.29, 1.82) is 0 Å². The van der Waals surface area contributed by atoms with Crippen LogP contribution in [0, 0.1) is 5.92 Å². The fourth-order valence-corrected chi connectivity index (χ4v) is 5.52. The van der Waals surface area contributed by atoms with Crippen LogP contribution in [0.15, 0.2) is 12.1 Å². The Labute approximate surface area is 151 Å². The van der Waals surface area contributed by atoms with Gasteiger partial charge in [-0.2, -0.15) is 25.3 Å². The van der Waals surface area contributed by atoms with Crippen molar-refractivity contribution < 1.29 is 5.11 Å². The van der Waals surface area contributed by atoms with Gasteiger partial charge >= 0.3 is 0 Å². The van der Waals surface area contributed by atoms with Gasteiger partial charge in [0.1, 0.15) is 5.75 Å². The molecule has 0 heterocycles. The van der Waals surface area contributed by atoms with Gasteiger partial charge in [-0.05, 0) is 49.0 Å². The van der Waals surface area contributed by atoms with Crippen molar-refractivity contribution >= 4 is 25.3 Å². The average molecular weight is 352 g/mol. The number of hydrogen-bond acceptors (Lipinski definition) is 4. The highest BCUT2D eigenvalue weighted by molar-refractivity contribution is 7.81. The van der Waals surface area contributed by atoms with Gasteiger partial charge in [-0.25, -0.2) is 0 Å². The van der Waals surface area contributed by atoms with E-state index in [-0.39, 0.29) is 10.8 Å². The topological polar surface area (TPSA) is 46.2 Å². The maximum absolute atomic E-state index is 10.9. The van der Waals surface area contributed by atoms with Gasteiger partial charge in [-0.3, -0.25) is 0 Å². The second-order valence-corrected chi connectivity index (χ2v) is 10.0. The van der Waals surface area contributed by atoms with Crippen molar-refractivity contribution in [2.75, 3.05) is 0 Å². The lowest BCUT2D eigenvalue weighted by Crippen LogP contribution is -2.45. The van der Waals surface area contributed by atoms with Gasteiger partial charge < -0.3 is 10.8 Å². The molecule has 0 aliphatic heterocycles. The molecule has 3 atom stereocenters. The van der Waals surface area contributed by atoms with Crippen molar-refractivity contribution in [3.63, 3.8) is 0 Å². The minimum atomic E-state index is -0.426. The summed E-state index contributed by atoms with van der Waals surface area (Å²) in [7, 11) is 0. The maximum atomic E-state index is 10.9. The first-order valence-electron chi connectivity index (χ1n) is 8.55. The molecular weight excluding hydrogens is 322 g/mol. The molecule has 4 heteroatoms. The molecular formula is C19H29NOS2. The largest absolute Gasteiger partial charge is 0.507 e. The molecule has 0 amide bonds. The number of nitrogens with two attached hydrogens (primary N) is 1. The fraction of sp³-hybridized carbons (Fsp3) is 0.684. The molecule has 128 valence electrons. The molecule has 0 aromatic heterocycles. The first-order chi connectivity index (χ1) is 10.6. The fourth-order valence-electron chi connectivity index (χ4n) is 4.72. The van der Waals surface area contributed by atoms with Crippen LogP contribution in [0.5, 0.6) is 5.75 Å². The van der Waals surface area contributed by atoms with Crippen LogP contribution < -0.4 is 5.73 Å². The molecule has 1 aromatic carbocycles. The number of thiol groups is 2. The third kappa shape index (κ3) is 3.14. The molecule has 2 nitrogen and oxygen atoms in total. The zero-order valence-corrected chi connectivity index (χ0v) is 16.2. The number of rotatable bonds is 2. The first kappa shape index (κ1) is 17.5. The third-order valence-corrected chi connectivity index (χ3v) is 6.48. The summed E-state index contributed by atoms with van der Waals surface area (Å²) in [4.78, 5) is -0.426. The number of fused-ring (bicyclic) bond motifs is 2. The lowest BCUT2D eigenvalue weighted by molar-refractivity contribution is 0.250. The minimum absolute atomic E-state index is 0.0253. The van der Waals surface area contributed by atoms with E-state index in [1.54, 1.807) is 0 Å². The van der Waals surface area contributed by atoms with Crippen molar-refractivity contribution in [2.24, 2.45) is 11.7 Å². The summed E-state index contributed by atoms with van der Waals surface area (Å²) in [6.07, 6.45) is 5.24. The summed E-state index contributed by atoms with van der Waals surface area (Å²) in [5.41, 5.74) is 9.73. The Morgan fingerprint density at radius 2 is 2.00 bits per heavy atom. The molecule has 3 unspecified atom stereocenters. The van der Waals surface area contributed by atoms with Crippen LogP contribution in [0.1, 0.15) is 69.6 Å². The van der Waals surface area contributed by atoms with Crippen LogP contribution in [-0.2, 0) is 16.6 Å². The lowest BCUT2D eigenvalue weighted by Gasteiger charge is -2.43. The van der Waals surface area contributed by atoms with Crippen LogP contribution >= 0.6 is 25.3 Å². The summed E-state index contributed by atoms with van der Waals surface area (Å²) in [5, 5.41) is 10.9. The van der Waals surface area contributed by atoms with Gasteiger partial charge in [0, 0.05) is 22.3 Å². The van der Waals surface area contributed by atoms with Crippen molar-refractivity contribution in [2.45, 2.75) is 74.3 Å². The van der Waals surface area contributed by atoms with E-state index in [2.05, 4.69) is 45.5 Å². The van der Waals surface area contributed by atoms with E-state index < -0.39 is 4.87 Å². The second-order valence-electron chi connectivity index (χ2n) is 8.81. The summed E-state index contributed by atoms with van der Waals surface area (Å²) in [6.45, 7) is 6.65. The van der Waals surface area contributed by atoms with Gasteiger partial charge in [0.05, 0.1) is 4.87 Å². The lowest BCUT2D eigenvalue weighted by atomic mass is 9.67. The van der Waals surface area contributed by atoms with Gasteiger partial charge in [0.2, 0.25) is 0 Å². The van der Waals surface area contributed by atoms with Crippen LogP contribution in [0.2, 0.25) is 0 Å². The van der Waals surface area contributed by atoms with Gasteiger partial charge in [-0.15, -0.1) is 0 Å². The molecule has 2 bridgehead atoms. The quantitative estimate of drug-likeness (QED) is 0.467. The molecule has 2 fully saturated rings. The zero-order valence-electron chi connectivity index (χ0n) is 14.4. The van der Waals surface area contributed by atoms with Crippen LogP contribution in [0.4, 0.5) is 0 Å². The Balaban J connectivity index is 2.15. The molecule has 1 aromatic rings. The molecule has 2 aliphatic carbocycles. The molecule has 0 spiro atoms. The van der Waals surface area contributed by atoms with Crippen molar-refractivity contribution in [3.8, 4) is 5.75 Å². The second kappa shape index (κ2) is 5.60. The molecule has 0 saturated heterocycles. The molecule has 0 radical (unpaired) electrons. The van der Waals surface area contributed by atoms with E-state index in [0.717, 1.165) is 36.8 Å². The normalized spacial score (nSPS) is 33.9. The van der Waals surface area contributed by atoms with E-state index in [0.29, 0.717) is 17.4 Å². The van der Waals surface area contributed by atoms with E-state index in [4.69, 9.17) is 18.4 Å². The molecule has 2 aliphatic rings. The van der Waals surface area contributed by atoms with Crippen molar-refractivity contribution in [3.05, 3.63) is 28.8 Å². The minimum Gasteiger partial charge on any atom is -0.507 e. The number of aromatic hydroxyl groups is 1. The average Bonchev–Trinajstić information content (AvgIpc) is 2.73. The molecule has 3 rings (SSSR count). The van der Waals surface area contributed by atoms with E-state index in [1.807, 2.05) is 0 Å². The predicted molar refractivity (Wildman–Crippen MR) is 104 cm³/mol. The Hall–Kier alpha value is -0.320. The Bertz CT molecular complexity index is 621. The van der Waals surface area contributed by atoms with Gasteiger partial charge in [-0.1, -0.05) is 32.9 Å². The van der Waals surface area contributed by atoms with Gasteiger partial charge in [0.15, 0.2) is 0 Å². The van der Waals surface area contributed by atoms with E-state index in [1.165, 1.54) is 12.0 Å². The van der Waals surface area contributed by atoms with Gasteiger partial charge in [0.25, 0.3) is 0 Å². The summed E-state index contributed by atoms with van der Waals surface area (Å²) >= 11 is 9.16. The number of phenolic OH excluding ortho intramolecular Hbond substituents is 1. The number of hydrogen-bond donors (Lipinski definition) is 4. The van der Waals surface area contributed by atoms with Crippen molar-refractivity contribution in [1.82, 2.24) is 0 Å². The van der Waals surface area contributed by atoms with Crippen LogP contribution in [0.3, 0.4) is 0 Å². The molecule has 23 heavy (non-hydrogen) atoms. The summed E-state index contributed by atoms with van der Waals surface area (Å²) < 4.78 is 0. The monoisotopic (exact) mass is 351 g/mol. The standard InChI is InChI=1S/C19H29NOS2/c1-17(2,3)14-6-13(10-22)16(21)15(7-14)18-5-4-12(8-18)9-19(20,23)11-18/h6-7,12,21-23H,4-5,8-11,20H2,1-3H3. The summed E-state index contributed by atoms with van der Waals surface area (Å²) in [6, 6.07) is 4.33. The Morgan fingerprint density at radius 3 is 2.61 bits per heavy atom. The highest BCUT2D eigenvalue weighted by Gasteiger charge is 2.51. The smallest absolute Gasteiger partial charge is 0.123 e. The number of benzene rings is 1. The third-order valence-electron chi connectivity index (χ3n) is 5.79. The Kier molecular flexibility index (Phi) is 4.26. The van der Waals surface area contributed by atoms with E-state index in [9.17, 15) is 5.11 Å². The number of phenols is 1.